The molecule has 2 aromatic carbocycles. The summed E-state index contributed by atoms with van der Waals surface area (Å²) in [5.74, 6) is 0.102. The molecule has 0 aliphatic heterocycles. The van der Waals surface area contributed by atoms with Crippen molar-refractivity contribution >= 4 is 11.9 Å². The fraction of sp³-hybridized carbons (Fsp3) is 0.614. The van der Waals surface area contributed by atoms with Crippen molar-refractivity contribution in [2.75, 3.05) is 0 Å². The number of carbonyl (C=O) groups is 2. The number of aryl methyl sites for hydroxylation is 2. The lowest BCUT2D eigenvalue weighted by Gasteiger charge is -2.28. The molecule has 2 saturated carbocycles. The van der Waals surface area contributed by atoms with Crippen LogP contribution >= 0.6 is 0 Å². The Labute approximate surface area is 401 Å². The number of benzene rings is 2. The zero-order valence-corrected chi connectivity index (χ0v) is 41.4. The Bertz CT molecular complexity index is 2030. The molecule has 67 heavy (non-hydrogen) atoms. The smallest absolute Gasteiger partial charge is 0.341 e. The largest absolute Gasteiger partial charge is 0.459 e. The first-order valence-corrected chi connectivity index (χ1v) is 26.3. The van der Waals surface area contributed by atoms with Gasteiger partial charge in [-0.25, -0.2) is 38.3 Å². The molecule has 0 unspecified atom stereocenters. The maximum absolute atomic E-state index is 14.8. The van der Waals surface area contributed by atoms with Crippen LogP contribution in [0.1, 0.15) is 220 Å². The molecule has 2 aliphatic rings. The molecule has 0 atom stereocenters. The first-order chi connectivity index (χ1) is 32.7. The molecule has 4 aromatic rings. The van der Waals surface area contributed by atoms with Gasteiger partial charge in [-0.3, -0.25) is 0 Å². The van der Waals surface area contributed by atoms with Gasteiger partial charge in [0.15, 0.2) is 11.6 Å². The van der Waals surface area contributed by atoms with Crippen molar-refractivity contribution < 1.29 is 27.8 Å². The van der Waals surface area contributed by atoms with Crippen LogP contribution in [0, 0.1) is 23.5 Å². The van der Waals surface area contributed by atoms with Crippen LogP contribution < -0.4 is 0 Å². The standard InChI is InChI=1S/C29H41FN2O2.C28H39FN2O2/c1-3-5-7-9-11-22-13-16-25(17-14-22)34-29(33)26-18-15-24(19-27(26)30)28-31-20-23(21-32-28)12-10-8-6-4-2;1-3-5-7-9-11-22-19-30-27(31-20-22)23-14-17-25(26(29)18-23)28(32)33-24-15-12-21(13-16-24)10-8-6-4-2/h15,18-22,25H,3-14,16-17H2,1-2H3;14,17-21,24H,3-13,15-16H2,1-2H3. The summed E-state index contributed by atoms with van der Waals surface area (Å²) in [5, 5.41) is 0. The quantitative estimate of drug-likeness (QED) is 0.0478. The van der Waals surface area contributed by atoms with E-state index >= 15 is 0 Å². The molecule has 0 saturated heterocycles. The number of aromatic nitrogens is 4. The predicted molar refractivity (Wildman–Crippen MR) is 266 cm³/mol. The third-order valence-electron chi connectivity index (χ3n) is 13.8. The summed E-state index contributed by atoms with van der Waals surface area (Å²) in [6.07, 6.45) is 38.0. The number of rotatable bonds is 25. The summed E-state index contributed by atoms with van der Waals surface area (Å²) in [4.78, 5) is 42.8. The number of esters is 2. The summed E-state index contributed by atoms with van der Waals surface area (Å²) in [6.45, 7) is 8.85. The zero-order valence-electron chi connectivity index (χ0n) is 41.4. The third-order valence-corrected chi connectivity index (χ3v) is 13.8. The van der Waals surface area contributed by atoms with Gasteiger partial charge in [-0.1, -0.05) is 136 Å². The van der Waals surface area contributed by atoms with E-state index < -0.39 is 23.6 Å². The first kappa shape index (κ1) is 53.4. The van der Waals surface area contributed by atoms with Crippen molar-refractivity contribution in [1.29, 1.82) is 0 Å². The van der Waals surface area contributed by atoms with Gasteiger partial charge < -0.3 is 9.47 Å². The summed E-state index contributed by atoms with van der Waals surface area (Å²) < 4.78 is 40.8. The first-order valence-electron chi connectivity index (χ1n) is 26.3. The minimum absolute atomic E-state index is 0.0158. The second kappa shape index (κ2) is 30.0. The molecule has 2 heterocycles. The van der Waals surface area contributed by atoms with Gasteiger partial charge in [0.05, 0.1) is 11.1 Å². The number of hydrogen-bond donors (Lipinski definition) is 0. The van der Waals surface area contributed by atoms with Crippen LogP contribution in [-0.2, 0) is 22.3 Å². The molecule has 0 bridgehead atoms. The van der Waals surface area contributed by atoms with Crippen molar-refractivity contribution in [1.82, 2.24) is 19.9 Å². The average molecular weight is 923 g/mol. The van der Waals surface area contributed by atoms with Gasteiger partial charge in [-0.2, -0.15) is 0 Å². The van der Waals surface area contributed by atoms with Crippen molar-refractivity contribution in [2.24, 2.45) is 11.8 Å². The summed E-state index contributed by atoms with van der Waals surface area (Å²) >= 11 is 0. The molecule has 0 N–H and O–H groups in total. The van der Waals surface area contributed by atoms with Gasteiger partial charge in [-0.15, -0.1) is 0 Å². The van der Waals surface area contributed by atoms with Crippen molar-refractivity contribution in [3.63, 3.8) is 0 Å². The van der Waals surface area contributed by atoms with Crippen LogP contribution in [0.25, 0.3) is 22.8 Å². The van der Waals surface area contributed by atoms with Crippen molar-refractivity contribution in [3.8, 4) is 22.8 Å². The highest BCUT2D eigenvalue weighted by atomic mass is 19.1. The number of hydrogen-bond acceptors (Lipinski definition) is 8. The molecular weight excluding hydrogens is 843 g/mol. The second-order valence-corrected chi connectivity index (χ2v) is 19.3. The van der Waals surface area contributed by atoms with E-state index in [1.54, 1.807) is 12.1 Å². The Morgan fingerprint density at radius 1 is 0.478 bits per heavy atom. The molecule has 0 spiro atoms. The Morgan fingerprint density at radius 3 is 1.18 bits per heavy atom. The molecule has 2 fully saturated rings. The summed E-state index contributed by atoms with van der Waals surface area (Å²) in [6, 6.07) is 9.04. The van der Waals surface area contributed by atoms with E-state index in [0.717, 1.165) is 100 Å². The van der Waals surface area contributed by atoms with Crippen molar-refractivity contribution in [2.45, 2.75) is 213 Å². The van der Waals surface area contributed by atoms with Gasteiger partial charge in [-0.05, 0) is 124 Å². The number of unbranched alkanes of at least 4 members (excludes halogenated alkanes) is 11. The zero-order chi connectivity index (χ0) is 47.6. The molecule has 10 heteroatoms. The van der Waals surface area contributed by atoms with E-state index in [-0.39, 0.29) is 23.3 Å². The molecular formula is C57H80F2N4O4. The molecule has 6 rings (SSSR count). The maximum atomic E-state index is 14.8. The minimum atomic E-state index is -0.585. The lowest BCUT2D eigenvalue weighted by molar-refractivity contribution is 0.0147. The average Bonchev–Trinajstić information content (AvgIpc) is 3.34. The number of carbonyl (C=O) groups excluding carboxylic acids is 2. The Kier molecular flexibility index (Phi) is 23.9. The highest BCUT2D eigenvalue weighted by Crippen LogP contribution is 2.33. The molecule has 2 aromatic heterocycles. The van der Waals surface area contributed by atoms with Crippen LogP contribution in [-0.4, -0.2) is 44.1 Å². The Balaban J connectivity index is 0.000000251. The number of nitrogens with zero attached hydrogens (tertiary/aromatic N) is 4. The topological polar surface area (TPSA) is 104 Å². The lowest BCUT2D eigenvalue weighted by atomic mass is 9.84. The van der Waals surface area contributed by atoms with Crippen LogP contribution in [0.4, 0.5) is 8.78 Å². The molecule has 0 radical (unpaired) electrons. The van der Waals surface area contributed by atoms with Gasteiger partial charge in [0, 0.05) is 35.9 Å². The lowest BCUT2D eigenvalue weighted by Crippen LogP contribution is -2.25. The number of halogens is 2. The van der Waals surface area contributed by atoms with Crippen LogP contribution in [0.2, 0.25) is 0 Å². The van der Waals surface area contributed by atoms with Gasteiger partial charge in [0.1, 0.15) is 23.8 Å². The summed E-state index contributed by atoms with van der Waals surface area (Å²) in [5.41, 5.74) is 3.28. The van der Waals surface area contributed by atoms with E-state index in [9.17, 15) is 18.4 Å². The van der Waals surface area contributed by atoms with Gasteiger partial charge >= 0.3 is 11.9 Å². The van der Waals surface area contributed by atoms with Crippen LogP contribution in [0.3, 0.4) is 0 Å². The monoisotopic (exact) mass is 923 g/mol. The van der Waals surface area contributed by atoms with E-state index in [1.807, 2.05) is 24.8 Å². The molecule has 2 aliphatic carbocycles. The van der Waals surface area contributed by atoms with E-state index in [1.165, 1.54) is 121 Å². The normalized spacial score (nSPS) is 18.2. The molecule has 0 amide bonds. The van der Waals surface area contributed by atoms with Gasteiger partial charge in [0.25, 0.3) is 0 Å². The van der Waals surface area contributed by atoms with Gasteiger partial charge in [0.2, 0.25) is 0 Å². The second-order valence-electron chi connectivity index (χ2n) is 19.3. The Hall–Kier alpha value is -4.60. The Morgan fingerprint density at radius 2 is 0.821 bits per heavy atom. The molecule has 8 nitrogen and oxygen atoms in total. The SMILES string of the molecule is CCCCCCc1cnc(-c2ccc(C(=O)OC3CCC(CCCCC)CC3)c(F)c2)nc1.CCCCCCc1cnc(-c2ccc(C(=O)OC3CCC(CCCCCC)CC3)c(F)c2)nc1. The maximum Gasteiger partial charge on any atom is 0.341 e. The fourth-order valence-electron chi connectivity index (χ4n) is 9.47. The highest BCUT2D eigenvalue weighted by Gasteiger charge is 2.27. The van der Waals surface area contributed by atoms with Crippen LogP contribution in [0.5, 0.6) is 0 Å². The third kappa shape index (κ3) is 18.4. The minimum Gasteiger partial charge on any atom is -0.459 e. The predicted octanol–water partition coefficient (Wildman–Crippen LogP) is 15.8. The molecule has 366 valence electrons. The number of ether oxygens (including phenoxy) is 2. The summed E-state index contributed by atoms with van der Waals surface area (Å²) in [7, 11) is 0. The van der Waals surface area contributed by atoms with E-state index in [4.69, 9.17) is 9.47 Å². The van der Waals surface area contributed by atoms with E-state index in [0.29, 0.717) is 22.8 Å². The van der Waals surface area contributed by atoms with Crippen molar-refractivity contribution in [3.05, 3.63) is 95.1 Å². The van der Waals surface area contributed by atoms with Crippen LogP contribution in [0.15, 0.2) is 61.2 Å². The fourth-order valence-corrected chi connectivity index (χ4v) is 9.47. The van der Waals surface area contributed by atoms with E-state index in [2.05, 4.69) is 47.6 Å². The highest BCUT2D eigenvalue weighted by molar-refractivity contribution is 5.91.